The Hall–Kier alpha value is -2.40. The molecule has 2 aromatic carbocycles. The standard InChI is InChI=1S/C20H24N2O2S/c1-15-10-12-17(13-11-15)19(16-7-4-3-5-8-16)22-20(25)21-14-6-9-18(23)24-2/h3-5,7-8,10-13,19H,6,9,14H2,1-2H3,(H2,21,22,25)/t19-/m1/s1. The molecule has 0 amide bonds. The molecule has 0 saturated carbocycles. The minimum Gasteiger partial charge on any atom is -0.469 e. The van der Waals surface area contributed by atoms with Crippen LogP contribution in [0.1, 0.15) is 35.6 Å². The highest BCUT2D eigenvalue weighted by atomic mass is 32.1. The fourth-order valence-corrected chi connectivity index (χ4v) is 2.70. The van der Waals surface area contributed by atoms with Gasteiger partial charge in [0.05, 0.1) is 13.2 Å². The Kier molecular flexibility index (Phi) is 7.41. The van der Waals surface area contributed by atoms with Crippen LogP contribution < -0.4 is 10.6 Å². The van der Waals surface area contributed by atoms with Crippen molar-refractivity contribution in [2.24, 2.45) is 0 Å². The van der Waals surface area contributed by atoms with Crippen LogP contribution in [0.5, 0.6) is 0 Å². The molecule has 0 saturated heterocycles. The normalized spacial score (nSPS) is 11.4. The lowest BCUT2D eigenvalue weighted by Gasteiger charge is -2.22. The number of carbonyl (C=O) groups is 1. The van der Waals surface area contributed by atoms with E-state index in [9.17, 15) is 4.79 Å². The van der Waals surface area contributed by atoms with E-state index in [4.69, 9.17) is 12.2 Å². The molecular weight excluding hydrogens is 332 g/mol. The first-order valence-corrected chi connectivity index (χ1v) is 8.73. The third kappa shape index (κ3) is 6.19. The van der Waals surface area contributed by atoms with Gasteiger partial charge in [-0.2, -0.15) is 0 Å². The van der Waals surface area contributed by atoms with Gasteiger partial charge in [-0.25, -0.2) is 0 Å². The van der Waals surface area contributed by atoms with Gasteiger partial charge in [-0.1, -0.05) is 60.2 Å². The predicted molar refractivity (Wildman–Crippen MR) is 104 cm³/mol. The van der Waals surface area contributed by atoms with Crippen molar-refractivity contribution in [3.63, 3.8) is 0 Å². The number of ether oxygens (including phenoxy) is 1. The van der Waals surface area contributed by atoms with E-state index in [0.29, 0.717) is 24.5 Å². The zero-order valence-electron chi connectivity index (χ0n) is 14.6. The van der Waals surface area contributed by atoms with Crippen molar-refractivity contribution in [2.75, 3.05) is 13.7 Å². The highest BCUT2D eigenvalue weighted by molar-refractivity contribution is 7.80. The topological polar surface area (TPSA) is 50.4 Å². The summed E-state index contributed by atoms with van der Waals surface area (Å²) in [6.07, 6.45) is 1.06. The van der Waals surface area contributed by atoms with Gasteiger partial charge in [-0.15, -0.1) is 0 Å². The van der Waals surface area contributed by atoms with Crippen molar-refractivity contribution < 1.29 is 9.53 Å². The third-order valence-corrected chi connectivity index (χ3v) is 4.15. The average molecular weight is 356 g/mol. The van der Waals surface area contributed by atoms with E-state index < -0.39 is 0 Å². The first-order valence-electron chi connectivity index (χ1n) is 8.33. The quantitative estimate of drug-likeness (QED) is 0.452. The summed E-state index contributed by atoms with van der Waals surface area (Å²) in [5, 5.41) is 7.10. The minimum atomic E-state index is -0.206. The first-order chi connectivity index (χ1) is 12.1. The van der Waals surface area contributed by atoms with E-state index in [2.05, 4.69) is 58.7 Å². The van der Waals surface area contributed by atoms with E-state index in [-0.39, 0.29) is 12.0 Å². The second kappa shape index (κ2) is 9.79. The first kappa shape index (κ1) is 18.9. The van der Waals surface area contributed by atoms with Gasteiger partial charge in [0.2, 0.25) is 0 Å². The fraction of sp³-hybridized carbons (Fsp3) is 0.300. The van der Waals surface area contributed by atoms with Gasteiger partial charge in [0.25, 0.3) is 0 Å². The van der Waals surface area contributed by atoms with Crippen molar-refractivity contribution in [1.82, 2.24) is 10.6 Å². The van der Waals surface area contributed by atoms with Gasteiger partial charge in [0.1, 0.15) is 0 Å². The lowest BCUT2D eigenvalue weighted by Crippen LogP contribution is -2.38. The Morgan fingerprint density at radius 3 is 2.36 bits per heavy atom. The van der Waals surface area contributed by atoms with Gasteiger partial charge in [0.15, 0.2) is 5.11 Å². The number of methoxy groups -OCH3 is 1. The summed E-state index contributed by atoms with van der Waals surface area (Å²) in [4.78, 5) is 11.1. The van der Waals surface area contributed by atoms with Crippen LogP contribution in [0, 0.1) is 6.92 Å². The van der Waals surface area contributed by atoms with Crippen molar-refractivity contribution in [3.05, 3.63) is 71.3 Å². The number of carbonyl (C=O) groups excluding carboxylic acids is 1. The summed E-state index contributed by atoms with van der Waals surface area (Å²) in [7, 11) is 1.40. The zero-order chi connectivity index (χ0) is 18.1. The van der Waals surface area contributed by atoms with Crippen LogP contribution in [0.4, 0.5) is 0 Å². The lowest BCUT2D eigenvalue weighted by molar-refractivity contribution is -0.140. The lowest BCUT2D eigenvalue weighted by atomic mass is 9.98. The smallest absolute Gasteiger partial charge is 0.305 e. The summed E-state index contributed by atoms with van der Waals surface area (Å²) >= 11 is 5.43. The van der Waals surface area contributed by atoms with Crippen LogP contribution in [0.2, 0.25) is 0 Å². The molecule has 0 aromatic heterocycles. The molecule has 132 valence electrons. The molecule has 0 aliphatic rings. The van der Waals surface area contributed by atoms with E-state index in [1.807, 2.05) is 18.2 Å². The number of thiocarbonyl (C=S) groups is 1. The molecule has 1 atom stereocenters. The largest absolute Gasteiger partial charge is 0.469 e. The van der Waals surface area contributed by atoms with Crippen LogP contribution in [0.25, 0.3) is 0 Å². The molecular formula is C20H24N2O2S. The maximum Gasteiger partial charge on any atom is 0.305 e. The Balaban J connectivity index is 2.00. The molecule has 0 unspecified atom stereocenters. The Morgan fingerprint density at radius 1 is 1.08 bits per heavy atom. The number of hydrogen-bond acceptors (Lipinski definition) is 3. The number of esters is 1. The number of nitrogens with one attached hydrogen (secondary N) is 2. The zero-order valence-corrected chi connectivity index (χ0v) is 15.4. The monoisotopic (exact) mass is 356 g/mol. The van der Waals surface area contributed by atoms with Crippen molar-refractivity contribution in [2.45, 2.75) is 25.8 Å². The maximum atomic E-state index is 11.1. The second-order valence-corrected chi connectivity index (χ2v) is 6.24. The average Bonchev–Trinajstić information content (AvgIpc) is 2.64. The molecule has 0 spiro atoms. The highest BCUT2D eigenvalue weighted by Gasteiger charge is 2.14. The minimum absolute atomic E-state index is 0.0255. The van der Waals surface area contributed by atoms with Gasteiger partial charge in [0, 0.05) is 13.0 Å². The molecule has 0 bridgehead atoms. The van der Waals surface area contributed by atoms with Crippen molar-refractivity contribution in [1.29, 1.82) is 0 Å². The van der Waals surface area contributed by atoms with Crippen molar-refractivity contribution in [3.8, 4) is 0 Å². The Morgan fingerprint density at radius 2 is 1.72 bits per heavy atom. The predicted octanol–water partition coefficient (Wildman–Crippen LogP) is 3.50. The summed E-state index contributed by atoms with van der Waals surface area (Å²) in [5.74, 6) is -0.206. The molecule has 2 rings (SSSR count). The Labute approximate surface area is 154 Å². The molecule has 0 heterocycles. The molecule has 4 nitrogen and oxygen atoms in total. The summed E-state index contributed by atoms with van der Waals surface area (Å²) in [6.45, 7) is 2.69. The van der Waals surface area contributed by atoms with E-state index >= 15 is 0 Å². The Bertz CT molecular complexity index is 687. The van der Waals surface area contributed by atoms with Crippen LogP contribution in [-0.2, 0) is 9.53 Å². The molecule has 0 aliphatic carbocycles. The van der Waals surface area contributed by atoms with Gasteiger partial charge < -0.3 is 15.4 Å². The third-order valence-electron chi connectivity index (χ3n) is 3.89. The molecule has 0 fully saturated rings. The van der Waals surface area contributed by atoms with E-state index in [1.165, 1.54) is 12.7 Å². The molecule has 5 heteroatoms. The molecule has 0 aliphatic heterocycles. The van der Waals surface area contributed by atoms with Crippen LogP contribution in [0.15, 0.2) is 54.6 Å². The molecule has 2 N–H and O–H groups in total. The second-order valence-electron chi connectivity index (χ2n) is 5.83. The summed E-state index contributed by atoms with van der Waals surface area (Å²) in [5.41, 5.74) is 3.51. The number of benzene rings is 2. The van der Waals surface area contributed by atoms with Gasteiger partial charge >= 0.3 is 5.97 Å². The van der Waals surface area contributed by atoms with Crippen molar-refractivity contribution >= 4 is 23.3 Å². The van der Waals surface area contributed by atoms with Gasteiger partial charge in [-0.05, 0) is 36.7 Å². The number of aryl methyl sites for hydroxylation is 1. The van der Waals surface area contributed by atoms with Crippen LogP contribution >= 0.6 is 12.2 Å². The maximum absolute atomic E-state index is 11.1. The molecule has 0 radical (unpaired) electrons. The summed E-state index contributed by atoms with van der Waals surface area (Å²) < 4.78 is 4.63. The molecule has 25 heavy (non-hydrogen) atoms. The van der Waals surface area contributed by atoms with E-state index in [0.717, 1.165) is 11.1 Å². The number of hydrogen-bond donors (Lipinski definition) is 2. The summed E-state index contributed by atoms with van der Waals surface area (Å²) in [6, 6.07) is 18.6. The highest BCUT2D eigenvalue weighted by Crippen LogP contribution is 2.22. The van der Waals surface area contributed by atoms with Crippen LogP contribution in [-0.4, -0.2) is 24.7 Å². The van der Waals surface area contributed by atoms with Crippen LogP contribution in [0.3, 0.4) is 0 Å². The number of rotatable bonds is 7. The fourth-order valence-electron chi connectivity index (χ4n) is 2.48. The van der Waals surface area contributed by atoms with E-state index in [1.54, 1.807) is 0 Å². The SMILES string of the molecule is COC(=O)CCCNC(=S)N[C@H](c1ccccc1)c1ccc(C)cc1. The van der Waals surface area contributed by atoms with Gasteiger partial charge in [-0.3, -0.25) is 4.79 Å². The molecule has 2 aromatic rings.